The van der Waals surface area contributed by atoms with Gasteiger partial charge >= 0.3 is 0 Å². The predicted octanol–water partition coefficient (Wildman–Crippen LogP) is 0.214. The van der Waals surface area contributed by atoms with Crippen LogP contribution >= 0.6 is 0 Å². The Kier molecular flexibility index (Phi) is 3.74. The van der Waals surface area contributed by atoms with Gasteiger partial charge in [0.05, 0.1) is 16.7 Å². The number of aliphatic hydroxyl groups excluding tert-OH is 2. The van der Waals surface area contributed by atoms with Gasteiger partial charge in [-0.25, -0.2) is 0 Å². The minimum Gasteiger partial charge on any atom is -0.390 e. The van der Waals surface area contributed by atoms with Crippen LogP contribution in [0, 0.1) is 10.1 Å². The van der Waals surface area contributed by atoms with E-state index in [0.717, 1.165) is 0 Å². The molecular formula is C11H14N4O4. The lowest BCUT2D eigenvalue weighted by Crippen LogP contribution is -2.22. The maximum absolute atomic E-state index is 10.9. The standard InChI is InChI=1S/C11H14N4O4/c12-5-4-8(16)11(17)10-6-2-1-3-7(15(18)19)9(6)13-14-10/h1-3,8,11,16-17H,4-5,12H2,(H,13,14). The van der Waals surface area contributed by atoms with E-state index in [1.807, 2.05) is 0 Å². The van der Waals surface area contributed by atoms with Gasteiger partial charge in [0.2, 0.25) is 0 Å². The minimum atomic E-state index is -1.21. The summed E-state index contributed by atoms with van der Waals surface area (Å²) in [5.74, 6) is 0. The molecule has 1 aromatic carbocycles. The van der Waals surface area contributed by atoms with Gasteiger partial charge in [-0.1, -0.05) is 12.1 Å². The second kappa shape index (κ2) is 5.31. The Morgan fingerprint density at radius 2 is 2.21 bits per heavy atom. The normalized spacial score (nSPS) is 14.5. The number of rotatable bonds is 5. The van der Waals surface area contributed by atoms with Gasteiger partial charge in [-0.3, -0.25) is 15.2 Å². The molecule has 0 saturated carbocycles. The summed E-state index contributed by atoms with van der Waals surface area (Å²) >= 11 is 0. The van der Waals surface area contributed by atoms with Gasteiger partial charge in [0.1, 0.15) is 6.10 Å². The van der Waals surface area contributed by atoms with Crippen LogP contribution in [0.5, 0.6) is 0 Å². The van der Waals surface area contributed by atoms with E-state index >= 15 is 0 Å². The predicted molar refractivity (Wildman–Crippen MR) is 67.4 cm³/mol. The van der Waals surface area contributed by atoms with Crippen LogP contribution in [0.15, 0.2) is 18.2 Å². The summed E-state index contributed by atoms with van der Waals surface area (Å²) in [5.41, 5.74) is 5.56. The maximum atomic E-state index is 10.9. The zero-order chi connectivity index (χ0) is 14.0. The summed E-state index contributed by atoms with van der Waals surface area (Å²) in [7, 11) is 0. The number of nitrogens with two attached hydrogens (primary N) is 1. The van der Waals surface area contributed by atoms with Crippen LogP contribution in [0.2, 0.25) is 0 Å². The number of hydrogen-bond donors (Lipinski definition) is 4. The Bertz CT molecular complexity index is 597. The molecule has 102 valence electrons. The van der Waals surface area contributed by atoms with Crippen molar-refractivity contribution in [3.05, 3.63) is 34.0 Å². The van der Waals surface area contributed by atoms with Crippen molar-refractivity contribution in [3.63, 3.8) is 0 Å². The van der Waals surface area contributed by atoms with E-state index in [0.29, 0.717) is 5.39 Å². The van der Waals surface area contributed by atoms with Crippen LogP contribution < -0.4 is 5.73 Å². The molecule has 0 fully saturated rings. The molecule has 0 radical (unpaired) electrons. The van der Waals surface area contributed by atoms with Crippen LogP contribution in [-0.4, -0.2) is 38.0 Å². The Hall–Kier alpha value is -2.03. The molecule has 0 amide bonds. The highest BCUT2D eigenvalue weighted by molar-refractivity contribution is 5.89. The second-order valence-electron chi connectivity index (χ2n) is 4.16. The molecule has 2 rings (SSSR count). The van der Waals surface area contributed by atoms with Crippen LogP contribution in [0.4, 0.5) is 5.69 Å². The van der Waals surface area contributed by atoms with E-state index in [-0.39, 0.29) is 29.9 Å². The van der Waals surface area contributed by atoms with Crippen LogP contribution in [0.1, 0.15) is 18.2 Å². The topological polar surface area (TPSA) is 138 Å². The lowest BCUT2D eigenvalue weighted by molar-refractivity contribution is -0.383. The third-order valence-electron chi connectivity index (χ3n) is 2.91. The molecule has 0 saturated heterocycles. The summed E-state index contributed by atoms with van der Waals surface area (Å²) in [4.78, 5) is 10.3. The third kappa shape index (κ3) is 2.41. The van der Waals surface area contributed by atoms with E-state index in [4.69, 9.17) is 5.73 Å². The van der Waals surface area contributed by atoms with E-state index < -0.39 is 17.1 Å². The first-order valence-electron chi connectivity index (χ1n) is 5.73. The molecule has 0 aliphatic carbocycles. The molecule has 8 heteroatoms. The van der Waals surface area contributed by atoms with Gasteiger partial charge in [0.25, 0.3) is 5.69 Å². The fraction of sp³-hybridized carbons (Fsp3) is 0.364. The number of aromatic amines is 1. The molecule has 19 heavy (non-hydrogen) atoms. The highest BCUT2D eigenvalue weighted by Crippen LogP contribution is 2.30. The number of non-ortho nitro benzene ring substituents is 1. The van der Waals surface area contributed by atoms with Crippen LogP contribution in [0.25, 0.3) is 10.9 Å². The first-order chi connectivity index (χ1) is 9.06. The second-order valence-corrected chi connectivity index (χ2v) is 4.16. The van der Waals surface area contributed by atoms with Crippen molar-refractivity contribution in [2.75, 3.05) is 6.54 Å². The SMILES string of the molecule is NCCC(O)C(O)c1[nH]nc2c([N+](=O)[O-])cccc12. The van der Waals surface area contributed by atoms with Gasteiger partial charge < -0.3 is 15.9 Å². The quantitative estimate of drug-likeness (QED) is 0.451. The first kappa shape index (κ1) is 13.4. The Labute approximate surface area is 108 Å². The van der Waals surface area contributed by atoms with Gasteiger partial charge in [-0.15, -0.1) is 0 Å². The summed E-state index contributed by atoms with van der Waals surface area (Å²) in [6.07, 6.45) is -2.04. The average molecular weight is 266 g/mol. The largest absolute Gasteiger partial charge is 0.390 e. The van der Waals surface area contributed by atoms with Gasteiger partial charge in [-0.05, 0) is 13.0 Å². The van der Waals surface area contributed by atoms with Gasteiger partial charge in [-0.2, -0.15) is 5.10 Å². The summed E-state index contributed by atoms with van der Waals surface area (Å²) in [6, 6.07) is 4.43. The Morgan fingerprint density at radius 1 is 1.47 bits per heavy atom. The monoisotopic (exact) mass is 266 g/mol. The molecule has 0 spiro atoms. The fourth-order valence-corrected chi connectivity index (χ4v) is 1.94. The van der Waals surface area contributed by atoms with Crippen molar-refractivity contribution in [2.45, 2.75) is 18.6 Å². The lowest BCUT2D eigenvalue weighted by atomic mass is 10.0. The molecule has 5 N–H and O–H groups in total. The molecule has 0 bridgehead atoms. The number of aromatic nitrogens is 2. The van der Waals surface area contributed by atoms with E-state index in [1.54, 1.807) is 6.07 Å². The number of nitro groups is 1. The number of benzene rings is 1. The minimum absolute atomic E-state index is 0.152. The highest BCUT2D eigenvalue weighted by Gasteiger charge is 2.24. The smallest absolute Gasteiger partial charge is 0.297 e. The molecule has 2 aromatic rings. The molecule has 1 heterocycles. The van der Waals surface area contributed by atoms with Crippen molar-refractivity contribution in [1.82, 2.24) is 10.2 Å². The number of H-pyrrole nitrogens is 1. The fourth-order valence-electron chi connectivity index (χ4n) is 1.94. The van der Waals surface area contributed by atoms with Crippen LogP contribution in [-0.2, 0) is 0 Å². The maximum Gasteiger partial charge on any atom is 0.297 e. The number of hydrogen-bond acceptors (Lipinski definition) is 6. The number of para-hydroxylation sites is 1. The van der Waals surface area contributed by atoms with Gasteiger partial charge in [0, 0.05) is 11.5 Å². The Balaban J connectivity index is 2.46. The summed E-state index contributed by atoms with van der Waals surface area (Å²) in [6.45, 7) is 0.227. The zero-order valence-electron chi connectivity index (χ0n) is 9.98. The van der Waals surface area contributed by atoms with Crippen LogP contribution in [0.3, 0.4) is 0 Å². The highest BCUT2D eigenvalue weighted by atomic mass is 16.6. The zero-order valence-corrected chi connectivity index (χ0v) is 9.98. The lowest BCUT2D eigenvalue weighted by Gasteiger charge is -2.15. The molecule has 2 unspecified atom stereocenters. The molecular weight excluding hydrogens is 252 g/mol. The van der Waals surface area contributed by atoms with Crippen molar-refractivity contribution < 1.29 is 15.1 Å². The number of nitrogens with zero attached hydrogens (tertiary/aromatic N) is 2. The number of nitrogens with one attached hydrogen (secondary N) is 1. The first-order valence-corrected chi connectivity index (χ1v) is 5.73. The molecule has 0 aliphatic heterocycles. The Morgan fingerprint density at radius 3 is 2.84 bits per heavy atom. The van der Waals surface area contributed by atoms with Gasteiger partial charge in [0.15, 0.2) is 5.52 Å². The number of aliphatic hydroxyl groups is 2. The van der Waals surface area contributed by atoms with E-state index in [2.05, 4.69) is 10.2 Å². The molecule has 8 nitrogen and oxygen atoms in total. The van der Waals surface area contributed by atoms with Crippen molar-refractivity contribution in [2.24, 2.45) is 5.73 Å². The number of fused-ring (bicyclic) bond motifs is 1. The molecule has 2 atom stereocenters. The average Bonchev–Trinajstić information content (AvgIpc) is 2.81. The number of nitro benzene ring substituents is 1. The van der Waals surface area contributed by atoms with Crippen molar-refractivity contribution in [1.29, 1.82) is 0 Å². The third-order valence-corrected chi connectivity index (χ3v) is 2.91. The van der Waals surface area contributed by atoms with E-state index in [9.17, 15) is 20.3 Å². The molecule has 1 aromatic heterocycles. The summed E-state index contributed by atoms with van der Waals surface area (Å²) in [5, 5.41) is 37.4. The van der Waals surface area contributed by atoms with Crippen molar-refractivity contribution >= 4 is 16.6 Å². The molecule has 0 aliphatic rings. The van der Waals surface area contributed by atoms with E-state index in [1.165, 1.54) is 12.1 Å². The van der Waals surface area contributed by atoms with Crippen molar-refractivity contribution in [3.8, 4) is 0 Å². The summed E-state index contributed by atoms with van der Waals surface area (Å²) < 4.78 is 0.